The van der Waals surface area contributed by atoms with Gasteiger partial charge in [-0.3, -0.25) is 4.79 Å². The van der Waals surface area contributed by atoms with Crippen LogP contribution in [0.2, 0.25) is 0 Å². The predicted molar refractivity (Wildman–Crippen MR) is 142 cm³/mol. The molecule has 0 saturated heterocycles. The van der Waals surface area contributed by atoms with Crippen LogP contribution in [0.5, 0.6) is 0 Å². The number of alkyl halides is 3. The minimum Gasteiger partial charge on any atom is -0.481 e. The van der Waals surface area contributed by atoms with Gasteiger partial charge in [-0.15, -0.1) is 0 Å². The number of nitrogens with one attached hydrogen (secondary N) is 1. The van der Waals surface area contributed by atoms with Gasteiger partial charge < -0.3 is 20.2 Å². The largest absolute Gasteiger partial charge is 0.481 e. The second-order valence-corrected chi connectivity index (χ2v) is 11.5. The molecule has 216 valence electrons. The molecule has 0 bridgehead atoms. The molecule has 1 saturated carbocycles. The Balaban J connectivity index is 1.43. The first kappa shape index (κ1) is 27.4. The molecule has 1 aliphatic carbocycles. The Morgan fingerprint density at radius 1 is 1.17 bits per heavy atom. The third-order valence-electron chi connectivity index (χ3n) is 8.19. The molecule has 0 spiro atoms. The highest BCUT2D eigenvalue weighted by atomic mass is 19.4. The minimum atomic E-state index is -4.87. The summed E-state index contributed by atoms with van der Waals surface area (Å²) in [4.78, 5) is 23.1. The molecule has 3 heterocycles. The van der Waals surface area contributed by atoms with Gasteiger partial charge in [-0.05, 0) is 72.7 Å². The molecule has 1 unspecified atom stereocenters. The lowest BCUT2D eigenvalue weighted by atomic mass is 9.81. The maximum atomic E-state index is 14.4. The number of benzene rings is 2. The average molecular weight is 574 g/mol. The summed E-state index contributed by atoms with van der Waals surface area (Å²) in [5.74, 6) is -3.92. The molecule has 3 aromatic rings. The van der Waals surface area contributed by atoms with Gasteiger partial charge in [0, 0.05) is 48.7 Å². The van der Waals surface area contributed by atoms with E-state index in [9.17, 15) is 31.9 Å². The minimum absolute atomic E-state index is 0.0735. The number of hydrogen-bond donors (Lipinski definition) is 2. The first-order chi connectivity index (χ1) is 19.3. The van der Waals surface area contributed by atoms with Crippen LogP contribution in [-0.4, -0.2) is 46.1 Å². The fourth-order valence-electron chi connectivity index (χ4n) is 6.11. The molecular weight excluding hydrogens is 545 g/mol. The molecule has 2 N–H and O–H groups in total. The summed E-state index contributed by atoms with van der Waals surface area (Å²) < 4.78 is 71.2. The molecule has 12 heteroatoms. The molecule has 1 fully saturated rings. The van der Waals surface area contributed by atoms with Crippen molar-refractivity contribution >= 4 is 29.1 Å². The third-order valence-corrected chi connectivity index (χ3v) is 8.19. The second-order valence-electron chi connectivity index (χ2n) is 11.5. The van der Waals surface area contributed by atoms with Crippen molar-refractivity contribution in [2.24, 2.45) is 0 Å². The van der Waals surface area contributed by atoms with Crippen molar-refractivity contribution in [3.05, 3.63) is 69.9 Å². The number of fused-ring (bicyclic) bond motifs is 2. The lowest BCUT2D eigenvalue weighted by Crippen LogP contribution is -2.32. The highest BCUT2D eigenvalue weighted by Gasteiger charge is 2.46. The number of aliphatic carboxylic acids is 1. The number of anilines is 4. The molecule has 1 atom stereocenters. The first-order valence-corrected chi connectivity index (χ1v) is 13.4. The second kappa shape index (κ2) is 9.64. The van der Waals surface area contributed by atoms with Gasteiger partial charge in [0.15, 0.2) is 17.5 Å². The predicted octanol–water partition coefficient (Wildman–Crippen LogP) is 6.27. The molecular formula is C29H28F5N5O2. The smallest absolute Gasteiger partial charge is 0.421 e. The zero-order valence-electron chi connectivity index (χ0n) is 22.4. The molecule has 3 aliphatic rings. The molecule has 0 radical (unpaired) electrons. The van der Waals surface area contributed by atoms with Crippen molar-refractivity contribution in [1.29, 1.82) is 0 Å². The van der Waals surface area contributed by atoms with Gasteiger partial charge in [0.1, 0.15) is 5.56 Å². The molecule has 7 nitrogen and oxygen atoms in total. The Kier molecular flexibility index (Phi) is 6.44. The standard InChI is InChI=1S/C29H28F5N5O2/c1-28(11-25(40)41)14-39(24-10-23(31)22(30)9-20(24)28)26-21(29(32,33)34)12-35-27(37-26)36-17-7-16-13-38(2)6-5-18(16)19(8-17)15-3-4-15/h7-10,12,15H,3-6,11,13-14H2,1-2H3,(H,40,41)(H,35,36,37). The van der Waals surface area contributed by atoms with E-state index in [1.807, 2.05) is 19.2 Å². The van der Waals surface area contributed by atoms with Crippen molar-refractivity contribution in [1.82, 2.24) is 14.9 Å². The SMILES string of the molecule is CN1CCc2c(cc(Nc3ncc(C(F)(F)F)c(N4CC(C)(CC(=O)O)c5cc(F)c(F)cc54)n3)cc2C2CC2)C1. The highest BCUT2D eigenvalue weighted by Crippen LogP contribution is 2.49. The third kappa shape index (κ3) is 5.09. The fraction of sp³-hybridized carbons (Fsp3) is 0.414. The van der Waals surface area contributed by atoms with Crippen molar-refractivity contribution < 1.29 is 31.9 Å². The van der Waals surface area contributed by atoms with Crippen LogP contribution in [0.4, 0.5) is 45.1 Å². The van der Waals surface area contributed by atoms with E-state index in [-0.39, 0.29) is 23.7 Å². The van der Waals surface area contributed by atoms with Gasteiger partial charge in [-0.1, -0.05) is 6.92 Å². The Hall–Kier alpha value is -3.80. The normalized spacial score (nSPS) is 20.6. The number of carboxylic acid groups (broad SMARTS) is 1. The van der Waals surface area contributed by atoms with Crippen molar-refractivity contribution in [3.63, 3.8) is 0 Å². The van der Waals surface area contributed by atoms with Crippen LogP contribution >= 0.6 is 0 Å². The van der Waals surface area contributed by atoms with Crippen LogP contribution in [-0.2, 0) is 29.4 Å². The van der Waals surface area contributed by atoms with Crippen molar-refractivity contribution in [3.8, 4) is 0 Å². The van der Waals surface area contributed by atoms with Crippen molar-refractivity contribution in [2.75, 3.05) is 30.4 Å². The van der Waals surface area contributed by atoms with E-state index in [1.165, 1.54) is 18.1 Å². The number of hydrogen-bond acceptors (Lipinski definition) is 6. The summed E-state index contributed by atoms with van der Waals surface area (Å²) in [5, 5.41) is 12.6. The van der Waals surface area contributed by atoms with Gasteiger partial charge in [0.25, 0.3) is 0 Å². The van der Waals surface area contributed by atoms with E-state index in [4.69, 9.17) is 0 Å². The fourth-order valence-corrected chi connectivity index (χ4v) is 6.11. The number of rotatable bonds is 6. The van der Waals surface area contributed by atoms with E-state index < -0.39 is 47.0 Å². The number of aromatic nitrogens is 2. The van der Waals surface area contributed by atoms with E-state index in [1.54, 1.807) is 0 Å². The Morgan fingerprint density at radius 2 is 1.90 bits per heavy atom. The number of nitrogens with zero attached hydrogens (tertiary/aromatic N) is 4. The van der Waals surface area contributed by atoms with Crippen LogP contribution in [0.15, 0.2) is 30.5 Å². The van der Waals surface area contributed by atoms with Gasteiger partial charge in [-0.25, -0.2) is 13.8 Å². The summed E-state index contributed by atoms with van der Waals surface area (Å²) in [6.45, 7) is 2.91. The van der Waals surface area contributed by atoms with E-state index in [0.29, 0.717) is 17.8 Å². The van der Waals surface area contributed by atoms with E-state index >= 15 is 0 Å². The Morgan fingerprint density at radius 3 is 2.59 bits per heavy atom. The molecule has 1 aromatic heterocycles. The quantitative estimate of drug-likeness (QED) is 0.337. The lowest BCUT2D eigenvalue weighted by Gasteiger charge is -2.28. The summed E-state index contributed by atoms with van der Waals surface area (Å²) in [5.41, 5.74) is 1.89. The molecule has 2 aliphatic heterocycles. The molecule has 2 aromatic carbocycles. The summed E-state index contributed by atoms with van der Waals surface area (Å²) >= 11 is 0. The number of carboxylic acids is 1. The molecule has 41 heavy (non-hydrogen) atoms. The molecule has 0 amide bonds. The average Bonchev–Trinajstić information content (AvgIpc) is 3.69. The summed E-state index contributed by atoms with van der Waals surface area (Å²) in [6, 6.07) is 5.61. The maximum absolute atomic E-state index is 14.4. The van der Waals surface area contributed by atoms with Gasteiger partial charge in [-0.2, -0.15) is 18.2 Å². The van der Waals surface area contributed by atoms with Crippen LogP contribution in [0, 0.1) is 11.6 Å². The van der Waals surface area contributed by atoms with Crippen LogP contribution in [0.25, 0.3) is 0 Å². The number of carbonyl (C=O) groups is 1. The van der Waals surface area contributed by atoms with E-state index in [0.717, 1.165) is 54.9 Å². The Bertz CT molecular complexity index is 1560. The van der Waals surface area contributed by atoms with Gasteiger partial charge >= 0.3 is 12.1 Å². The van der Waals surface area contributed by atoms with Crippen molar-refractivity contribution in [2.45, 2.75) is 56.7 Å². The van der Waals surface area contributed by atoms with Crippen LogP contribution in [0.1, 0.15) is 59.9 Å². The molecule has 6 rings (SSSR count). The Labute approximate surface area is 233 Å². The highest BCUT2D eigenvalue weighted by molar-refractivity contribution is 5.77. The zero-order valence-corrected chi connectivity index (χ0v) is 22.4. The maximum Gasteiger partial charge on any atom is 0.421 e. The zero-order chi connectivity index (χ0) is 29.3. The lowest BCUT2D eigenvalue weighted by molar-refractivity contribution is -0.139. The summed E-state index contributed by atoms with van der Waals surface area (Å²) in [6.07, 6.45) is -1.61. The number of halogens is 5. The van der Waals surface area contributed by atoms with E-state index in [2.05, 4.69) is 20.2 Å². The van der Waals surface area contributed by atoms with Gasteiger partial charge in [0.2, 0.25) is 5.95 Å². The first-order valence-electron chi connectivity index (χ1n) is 13.4. The number of likely N-dealkylation sites (N-methyl/N-ethyl adjacent to an activating group) is 1. The monoisotopic (exact) mass is 573 g/mol. The van der Waals surface area contributed by atoms with Crippen LogP contribution < -0.4 is 10.2 Å². The topological polar surface area (TPSA) is 81.6 Å². The summed E-state index contributed by atoms with van der Waals surface area (Å²) in [7, 11) is 2.03. The van der Waals surface area contributed by atoms with Crippen LogP contribution in [0.3, 0.4) is 0 Å². The van der Waals surface area contributed by atoms with Gasteiger partial charge in [0.05, 0.1) is 6.42 Å².